The number of anilines is 1. The first-order valence-corrected chi connectivity index (χ1v) is 16.0. The average molecular weight is 624 g/mol. The van der Waals surface area contributed by atoms with Crippen LogP contribution in [-0.4, -0.2) is 84.7 Å². The lowest BCUT2D eigenvalue weighted by Crippen LogP contribution is -2.54. The van der Waals surface area contributed by atoms with Gasteiger partial charge in [0.1, 0.15) is 17.6 Å². The van der Waals surface area contributed by atoms with Gasteiger partial charge >= 0.3 is 0 Å². The molecule has 2 aliphatic rings. The minimum Gasteiger partial charge on any atom is -0.481 e. The summed E-state index contributed by atoms with van der Waals surface area (Å²) in [5, 5.41) is 5.55. The number of benzene rings is 1. The summed E-state index contributed by atoms with van der Waals surface area (Å²) in [7, 11) is 3.52. The number of rotatable bonds is 13. The number of methoxy groups -OCH3 is 1. The van der Waals surface area contributed by atoms with Gasteiger partial charge < -0.3 is 25.2 Å². The lowest BCUT2D eigenvalue weighted by molar-refractivity contribution is -0.137. The summed E-state index contributed by atoms with van der Waals surface area (Å²) < 4.78 is 20.5. The second kappa shape index (κ2) is 16.5. The third-order valence-corrected chi connectivity index (χ3v) is 8.91. The molecule has 2 heterocycles. The molecule has 0 radical (unpaired) electrons. The second-order valence-corrected chi connectivity index (χ2v) is 12.2. The van der Waals surface area contributed by atoms with Gasteiger partial charge in [0, 0.05) is 70.0 Å². The standard InChI is InChI=1S/C34H46FN5O5/c1-4-31(42)37-30(34(44)40-16-14-39(2)15-17-40)20-23-10-12-29(28(35)19-23)38-33(43)27(25-8-6-5-7-9-25)21-26(41)18-24-11-13-32(45-3)36-22-24/h10-13,19,22,25,27,30H,4-9,14-18,20-21H2,1-3H3,(H,37,42)(H,38,43)/t27-,30+/m0/s1. The van der Waals surface area contributed by atoms with Crippen molar-refractivity contribution in [2.24, 2.45) is 11.8 Å². The zero-order valence-electron chi connectivity index (χ0n) is 26.6. The molecule has 3 amide bonds. The smallest absolute Gasteiger partial charge is 0.245 e. The molecular formula is C34H46FN5O5. The SMILES string of the molecule is CCC(=O)N[C@H](Cc1ccc(NC(=O)[C@@H](CC(=O)Cc2ccc(OC)nc2)C2CCCCC2)c(F)c1)C(=O)N1CCN(C)CC1. The molecule has 11 heteroatoms. The van der Waals surface area contributed by atoms with Crippen LogP contribution >= 0.6 is 0 Å². The molecule has 2 aromatic rings. The van der Waals surface area contributed by atoms with Crippen LogP contribution in [-0.2, 0) is 32.0 Å². The Morgan fingerprint density at radius 1 is 1.02 bits per heavy atom. The van der Waals surface area contributed by atoms with Gasteiger partial charge in [0.2, 0.25) is 23.6 Å². The Kier molecular flexibility index (Phi) is 12.4. The quantitative estimate of drug-likeness (QED) is 0.349. The number of piperazine rings is 1. The van der Waals surface area contributed by atoms with E-state index in [2.05, 4.69) is 20.5 Å². The van der Waals surface area contributed by atoms with Crippen molar-refractivity contribution in [3.63, 3.8) is 0 Å². The monoisotopic (exact) mass is 623 g/mol. The summed E-state index contributed by atoms with van der Waals surface area (Å²) in [5.74, 6) is -1.58. The minimum absolute atomic E-state index is 0.0240. The maximum absolute atomic E-state index is 15.4. The molecule has 1 aromatic carbocycles. The van der Waals surface area contributed by atoms with E-state index in [-0.39, 0.29) is 60.8 Å². The van der Waals surface area contributed by atoms with Gasteiger partial charge in [-0.1, -0.05) is 38.3 Å². The molecule has 1 saturated carbocycles. The highest BCUT2D eigenvalue weighted by atomic mass is 19.1. The van der Waals surface area contributed by atoms with Crippen LogP contribution in [0.15, 0.2) is 36.5 Å². The number of carbonyl (C=O) groups excluding carboxylic acids is 4. The number of nitrogens with zero attached hydrogens (tertiary/aromatic N) is 3. The molecule has 0 spiro atoms. The first kappa shape index (κ1) is 34.0. The molecule has 0 bridgehead atoms. The first-order valence-electron chi connectivity index (χ1n) is 16.0. The first-order chi connectivity index (χ1) is 21.7. The number of ketones is 1. The van der Waals surface area contributed by atoms with Crippen LogP contribution in [0.4, 0.5) is 10.1 Å². The van der Waals surface area contributed by atoms with E-state index in [0.29, 0.717) is 24.5 Å². The summed E-state index contributed by atoms with van der Waals surface area (Å²) in [4.78, 5) is 60.3. The lowest BCUT2D eigenvalue weighted by atomic mass is 9.77. The number of amides is 3. The second-order valence-electron chi connectivity index (χ2n) is 12.2. The number of aromatic nitrogens is 1. The van der Waals surface area contributed by atoms with E-state index in [1.54, 1.807) is 36.2 Å². The van der Waals surface area contributed by atoms with E-state index in [4.69, 9.17) is 4.74 Å². The number of carbonyl (C=O) groups is 4. The zero-order valence-corrected chi connectivity index (χ0v) is 26.6. The summed E-state index contributed by atoms with van der Waals surface area (Å²) >= 11 is 0. The topological polar surface area (TPSA) is 121 Å². The fraction of sp³-hybridized carbons (Fsp3) is 0.559. The van der Waals surface area contributed by atoms with Gasteiger partial charge in [-0.25, -0.2) is 9.37 Å². The Hall–Kier alpha value is -3.86. The van der Waals surface area contributed by atoms with Crippen LogP contribution < -0.4 is 15.4 Å². The third kappa shape index (κ3) is 9.81. The fourth-order valence-electron chi connectivity index (χ4n) is 6.18. The van der Waals surface area contributed by atoms with Gasteiger partial charge in [-0.2, -0.15) is 0 Å². The zero-order chi connectivity index (χ0) is 32.3. The maximum Gasteiger partial charge on any atom is 0.245 e. The lowest BCUT2D eigenvalue weighted by Gasteiger charge is -2.34. The number of nitrogens with one attached hydrogen (secondary N) is 2. The predicted molar refractivity (Wildman–Crippen MR) is 169 cm³/mol. The number of halogens is 1. The van der Waals surface area contributed by atoms with Gasteiger partial charge in [-0.3, -0.25) is 19.2 Å². The largest absolute Gasteiger partial charge is 0.481 e. The van der Waals surface area contributed by atoms with E-state index in [0.717, 1.165) is 50.8 Å². The fourth-order valence-corrected chi connectivity index (χ4v) is 6.18. The van der Waals surface area contributed by atoms with Gasteiger partial charge in [0.15, 0.2) is 0 Å². The van der Waals surface area contributed by atoms with Crippen LogP contribution in [0.3, 0.4) is 0 Å². The predicted octanol–water partition coefficient (Wildman–Crippen LogP) is 3.78. The van der Waals surface area contributed by atoms with Crippen LogP contribution in [0.25, 0.3) is 0 Å². The van der Waals surface area contributed by atoms with Crippen molar-refractivity contribution < 1.29 is 28.3 Å². The molecule has 1 aliphatic heterocycles. The molecule has 1 aliphatic carbocycles. The molecule has 2 N–H and O–H groups in total. The highest BCUT2D eigenvalue weighted by Gasteiger charge is 2.32. The van der Waals surface area contributed by atoms with Crippen molar-refractivity contribution in [2.45, 2.75) is 70.8 Å². The Balaban J connectivity index is 1.44. The van der Waals surface area contributed by atoms with Crippen LogP contribution in [0.2, 0.25) is 0 Å². The van der Waals surface area contributed by atoms with E-state index in [9.17, 15) is 19.2 Å². The van der Waals surface area contributed by atoms with Crippen LogP contribution in [0.1, 0.15) is 63.0 Å². The van der Waals surface area contributed by atoms with Gasteiger partial charge in [-0.05, 0) is 49.1 Å². The van der Waals surface area contributed by atoms with E-state index >= 15 is 4.39 Å². The van der Waals surface area contributed by atoms with Gasteiger partial charge in [0.25, 0.3) is 0 Å². The molecule has 1 saturated heterocycles. The average Bonchev–Trinajstić information content (AvgIpc) is 3.05. The molecule has 45 heavy (non-hydrogen) atoms. The molecule has 0 unspecified atom stereocenters. The van der Waals surface area contributed by atoms with E-state index in [1.165, 1.54) is 19.2 Å². The molecule has 1 aromatic heterocycles. The van der Waals surface area contributed by atoms with Crippen molar-refractivity contribution in [1.82, 2.24) is 20.1 Å². The summed E-state index contributed by atoms with van der Waals surface area (Å²) in [6.07, 6.45) is 6.97. The van der Waals surface area contributed by atoms with Crippen molar-refractivity contribution in [2.75, 3.05) is 45.7 Å². The Bertz CT molecular complexity index is 1320. The van der Waals surface area contributed by atoms with Crippen LogP contribution in [0, 0.1) is 17.7 Å². The molecule has 244 valence electrons. The Labute approximate surface area is 265 Å². The number of Topliss-reactive ketones (excluding diaryl/α,β-unsaturated/α-hetero) is 1. The summed E-state index contributed by atoms with van der Waals surface area (Å²) in [5.41, 5.74) is 1.29. The van der Waals surface area contributed by atoms with E-state index < -0.39 is 17.8 Å². The number of hydrogen-bond donors (Lipinski definition) is 2. The summed E-state index contributed by atoms with van der Waals surface area (Å²) in [6.45, 7) is 4.34. The van der Waals surface area contributed by atoms with Crippen molar-refractivity contribution in [3.8, 4) is 5.88 Å². The van der Waals surface area contributed by atoms with Crippen molar-refractivity contribution in [3.05, 3.63) is 53.5 Å². The summed E-state index contributed by atoms with van der Waals surface area (Å²) in [6, 6.07) is 7.12. The third-order valence-electron chi connectivity index (χ3n) is 8.91. The highest BCUT2D eigenvalue weighted by Crippen LogP contribution is 2.33. The number of likely N-dealkylation sites (N-methyl/N-ethyl adjacent to an activating group) is 1. The Morgan fingerprint density at radius 3 is 2.36 bits per heavy atom. The van der Waals surface area contributed by atoms with E-state index in [1.807, 2.05) is 7.05 Å². The minimum atomic E-state index is -0.816. The van der Waals surface area contributed by atoms with Gasteiger partial charge in [-0.15, -0.1) is 0 Å². The van der Waals surface area contributed by atoms with Gasteiger partial charge in [0.05, 0.1) is 12.8 Å². The van der Waals surface area contributed by atoms with Crippen molar-refractivity contribution in [1.29, 1.82) is 0 Å². The maximum atomic E-state index is 15.4. The molecule has 2 atom stereocenters. The van der Waals surface area contributed by atoms with Crippen molar-refractivity contribution >= 4 is 29.2 Å². The number of pyridine rings is 1. The highest BCUT2D eigenvalue weighted by molar-refractivity contribution is 5.96. The normalized spacial score (nSPS) is 17.3. The molecular weight excluding hydrogens is 577 g/mol. The number of hydrogen-bond acceptors (Lipinski definition) is 7. The molecule has 4 rings (SSSR count). The molecule has 2 fully saturated rings. The van der Waals surface area contributed by atoms with Crippen LogP contribution in [0.5, 0.6) is 5.88 Å². The Morgan fingerprint density at radius 2 is 1.73 bits per heavy atom. The number of ether oxygens (including phenoxy) is 1. The molecule has 10 nitrogen and oxygen atoms in total.